The normalized spacial score (nSPS) is 37.2. The molecule has 3 N–H and O–H groups in total. The summed E-state index contributed by atoms with van der Waals surface area (Å²) in [7, 11) is 3.24. The molecule has 1 aromatic carbocycles. The first-order valence-electron chi connectivity index (χ1n) is 16.0. The van der Waals surface area contributed by atoms with E-state index < -0.39 is 17.8 Å². The fourth-order valence-corrected chi connectivity index (χ4v) is 8.96. The molecule has 7 heteroatoms. The number of carbonyl (C=O) groups excluding carboxylic acids is 1. The third-order valence-electron chi connectivity index (χ3n) is 11.3. The average Bonchev–Trinajstić information content (AvgIpc) is 3.42. The number of likely N-dealkylation sites (tertiary alicyclic amines) is 1. The highest BCUT2D eigenvalue weighted by atomic mass is 16.5. The molecule has 3 saturated carbocycles. The number of rotatable bonds is 8. The summed E-state index contributed by atoms with van der Waals surface area (Å²) < 4.78 is 10.9. The number of aliphatic hydroxyl groups is 3. The molecule has 0 aromatic heterocycles. The summed E-state index contributed by atoms with van der Waals surface area (Å²) in [4.78, 5) is 15.1. The molecule has 5 rings (SSSR count). The number of aliphatic hydroxyl groups excluding tert-OH is 2. The molecule has 0 unspecified atom stereocenters. The van der Waals surface area contributed by atoms with Crippen molar-refractivity contribution in [2.24, 2.45) is 23.2 Å². The Kier molecular flexibility index (Phi) is 9.18. The van der Waals surface area contributed by atoms with E-state index in [1.54, 1.807) is 14.2 Å². The lowest BCUT2D eigenvalue weighted by atomic mass is 9.60. The molecule has 3 aliphatic carbocycles. The lowest BCUT2D eigenvalue weighted by Crippen LogP contribution is -2.45. The number of hydrogen-bond donors (Lipinski definition) is 3. The zero-order chi connectivity index (χ0) is 31.1. The Morgan fingerprint density at radius 1 is 1.12 bits per heavy atom. The Labute approximate surface area is 257 Å². The van der Waals surface area contributed by atoms with Crippen molar-refractivity contribution in [2.75, 3.05) is 14.2 Å². The first-order chi connectivity index (χ1) is 20.4. The Hall–Kier alpha value is -2.61. The van der Waals surface area contributed by atoms with Crippen LogP contribution in [0, 0.1) is 23.2 Å². The molecule has 236 valence electrons. The predicted molar refractivity (Wildman–Crippen MR) is 168 cm³/mol. The Bertz CT molecular complexity index is 1260. The minimum atomic E-state index is -1.09. The maximum absolute atomic E-state index is 13.3. The molecular formula is C36H51NO6. The Morgan fingerprint density at radius 3 is 2.49 bits per heavy atom. The standard InChI is InChI=1S/C36H51NO6/c1-22(14-33-36(4,41)20-34(40)37(33)21-24-15-28(42-5)19-29(16-24)43-6)30-11-12-31-25(8-7-13-35(30,31)3)9-10-26-17-27(38)18-32(39)23(26)2/h9-10,15-16,19,22,27,30-33,38-39,41H,2,7-8,11-14,17-18,20-21H2,1,3-6H3/b25-9+,26-10-/t22-,27-,30-,31+,32+,33+,35-,36+/m1/s1. The molecule has 0 spiro atoms. The predicted octanol–water partition coefficient (Wildman–Crippen LogP) is 5.72. The molecular weight excluding hydrogens is 542 g/mol. The number of ether oxygens (including phenoxy) is 2. The molecule has 0 radical (unpaired) electrons. The van der Waals surface area contributed by atoms with Gasteiger partial charge in [-0.15, -0.1) is 0 Å². The van der Waals surface area contributed by atoms with Crippen LogP contribution in [0.25, 0.3) is 0 Å². The van der Waals surface area contributed by atoms with Crippen LogP contribution < -0.4 is 9.47 Å². The van der Waals surface area contributed by atoms with Gasteiger partial charge in [0.25, 0.3) is 0 Å². The summed E-state index contributed by atoms with van der Waals surface area (Å²) in [5, 5.41) is 32.0. The molecule has 7 nitrogen and oxygen atoms in total. The van der Waals surface area contributed by atoms with Crippen LogP contribution in [-0.4, -0.2) is 64.2 Å². The number of carbonyl (C=O) groups is 1. The zero-order valence-corrected chi connectivity index (χ0v) is 26.6. The molecule has 8 atom stereocenters. The third kappa shape index (κ3) is 6.31. The minimum absolute atomic E-state index is 0.0186. The van der Waals surface area contributed by atoms with Gasteiger partial charge in [0.05, 0.1) is 44.5 Å². The second-order valence-corrected chi connectivity index (χ2v) is 14.2. The van der Waals surface area contributed by atoms with Gasteiger partial charge in [0.1, 0.15) is 11.5 Å². The fourth-order valence-electron chi connectivity index (χ4n) is 8.96. The molecule has 1 aliphatic heterocycles. The smallest absolute Gasteiger partial charge is 0.226 e. The summed E-state index contributed by atoms with van der Waals surface area (Å²) >= 11 is 0. The van der Waals surface area contributed by atoms with Crippen molar-refractivity contribution < 1.29 is 29.6 Å². The number of nitrogens with zero attached hydrogens (tertiary/aromatic N) is 1. The lowest BCUT2D eigenvalue weighted by molar-refractivity contribution is -0.129. The number of methoxy groups -OCH3 is 2. The van der Waals surface area contributed by atoms with E-state index in [1.165, 1.54) is 12.0 Å². The van der Waals surface area contributed by atoms with Gasteiger partial charge in [-0.25, -0.2) is 0 Å². The van der Waals surface area contributed by atoms with E-state index in [4.69, 9.17) is 9.47 Å². The molecule has 0 bridgehead atoms. The highest BCUT2D eigenvalue weighted by molar-refractivity contribution is 5.80. The zero-order valence-electron chi connectivity index (χ0n) is 26.6. The molecule has 1 saturated heterocycles. The van der Waals surface area contributed by atoms with Crippen molar-refractivity contribution in [3.63, 3.8) is 0 Å². The Balaban J connectivity index is 1.33. The topological polar surface area (TPSA) is 99.5 Å². The highest BCUT2D eigenvalue weighted by Gasteiger charge is 2.53. The fraction of sp³-hybridized carbons (Fsp3) is 0.639. The van der Waals surface area contributed by atoms with Crippen LogP contribution in [0.15, 0.2) is 53.6 Å². The van der Waals surface area contributed by atoms with E-state index in [0.29, 0.717) is 48.6 Å². The van der Waals surface area contributed by atoms with Gasteiger partial charge >= 0.3 is 0 Å². The van der Waals surface area contributed by atoms with Crippen molar-refractivity contribution in [3.05, 3.63) is 59.2 Å². The third-order valence-corrected chi connectivity index (χ3v) is 11.3. The summed E-state index contributed by atoms with van der Waals surface area (Å²) in [6.45, 7) is 11.1. The van der Waals surface area contributed by atoms with Gasteiger partial charge in [0.15, 0.2) is 0 Å². The second kappa shape index (κ2) is 12.4. The number of amides is 1. The Morgan fingerprint density at radius 2 is 1.81 bits per heavy atom. The maximum Gasteiger partial charge on any atom is 0.226 e. The molecule has 43 heavy (non-hydrogen) atoms. The second-order valence-electron chi connectivity index (χ2n) is 14.2. The molecule has 1 amide bonds. The van der Waals surface area contributed by atoms with E-state index >= 15 is 0 Å². The van der Waals surface area contributed by atoms with Crippen molar-refractivity contribution in [1.82, 2.24) is 4.90 Å². The van der Waals surface area contributed by atoms with E-state index in [2.05, 4.69) is 32.6 Å². The number of benzene rings is 1. The molecule has 4 fully saturated rings. The van der Waals surface area contributed by atoms with Gasteiger partial charge in [-0.2, -0.15) is 0 Å². The first kappa shape index (κ1) is 31.8. The van der Waals surface area contributed by atoms with Crippen LogP contribution in [0.5, 0.6) is 11.5 Å². The van der Waals surface area contributed by atoms with Crippen LogP contribution in [0.4, 0.5) is 0 Å². The number of hydrogen-bond acceptors (Lipinski definition) is 6. The van der Waals surface area contributed by atoms with Gasteiger partial charge in [-0.05, 0) is 104 Å². The lowest BCUT2D eigenvalue weighted by Gasteiger charge is -2.45. The van der Waals surface area contributed by atoms with Gasteiger partial charge in [0.2, 0.25) is 5.91 Å². The van der Waals surface area contributed by atoms with Crippen molar-refractivity contribution in [2.45, 2.75) is 109 Å². The van der Waals surface area contributed by atoms with E-state index in [9.17, 15) is 20.1 Å². The summed E-state index contributed by atoms with van der Waals surface area (Å²) in [6, 6.07) is 5.42. The molecule has 1 aromatic rings. The monoisotopic (exact) mass is 593 g/mol. The number of fused-ring (bicyclic) bond motifs is 1. The molecule has 4 aliphatic rings. The highest BCUT2D eigenvalue weighted by Crippen LogP contribution is 2.60. The average molecular weight is 594 g/mol. The summed E-state index contributed by atoms with van der Waals surface area (Å²) in [6.07, 6.45) is 10.6. The maximum atomic E-state index is 13.3. The van der Waals surface area contributed by atoms with Crippen LogP contribution in [0.3, 0.4) is 0 Å². The van der Waals surface area contributed by atoms with Gasteiger partial charge < -0.3 is 29.7 Å². The van der Waals surface area contributed by atoms with Crippen molar-refractivity contribution in [3.8, 4) is 11.5 Å². The minimum Gasteiger partial charge on any atom is -0.497 e. The van der Waals surface area contributed by atoms with Gasteiger partial charge in [0, 0.05) is 19.0 Å². The van der Waals surface area contributed by atoms with E-state index in [1.807, 2.05) is 30.0 Å². The first-order valence-corrected chi connectivity index (χ1v) is 16.0. The van der Waals surface area contributed by atoms with Crippen molar-refractivity contribution >= 4 is 5.91 Å². The van der Waals surface area contributed by atoms with Gasteiger partial charge in [-0.1, -0.05) is 38.2 Å². The SMILES string of the molecule is C=C1/C(=C\C=C2/CCC[C@]3(C)[C@@H]([C@H](C)C[C@@H]4N(Cc5cc(OC)cc(OC)c5)C(=O)C[C@]4(C)O)CC[C@@H]23)C[C@@H](O)C[C@@H]1O. The van der Waals surface area contributed by atoms with Crippen molar-refractivity contribution in [1.29, 1.82) is 0 Å². The van der Waals surface area contributed by atoms with Crippen LogP contribution in [0.1, 0.15) is 84.1 Å². The largest absolute Gasteiger partial charge is 0.497 e. The number of allylic oxidation sites excluding steroid dienone is 3. The van der Waals surface area contributed by atoms with E-state index in [0.717, 1.165) is 48.8 Å². The summed E-state index contributed by atoms with van der Waals surface area (Å²) in [5.41, 5.74) is 3.14. The van der Waals surface area contributed by atoms with Gasteiger partial charge in [-0.3, -0.25) is 4.79 Å². The quantitative estimate of drug-likeness (QED) is 0.357. The van der Waals surface area contributed by atoms with Crippen LogP contribution >= 0.6 is 0 Å². The van der Waals surface area contributed by atoms with Crippen LogP contribution in [-0.2, 0) is 11.3 Å². The van der Waals surface area contributed by atoms with Crippen LogP contribution in [0.2, 0.25) is 0 Å². The molecule has 1 heterocycles. The van der Waals surface area contributed by atoms with E-state index in [-0.39, 0.29) is 23.8 Å². The summed E-state index contributed by atoms with van der Waals surface area (Å²) in [5.74, 6) is 2.66.